The number of amides is 1. The van der Waals surface area contributed by atoms with E-state index >= 15 is 0 Å². The van der Waals surface area contributed by atoms with E-state index in [0.717, 1.165) is 15.7 Å². The van der Waals surface area contributed by atoms with Crippen molar-refractivity contribution in [1.29, 1.82) is 0 Å². The van der Waals surface area contributed by atoms with Gasteiger partial charge in [0.1, 0.15) is 0 Å². The molecule has 0 aliphatic carbocycles. The van der Waals surface area contributed by atoms with Gasteiger partial charge < -0.3 is 10.6 Å². The predicted molar refractivity (Wildman–Crippen MR) is 76.0 cm³/mol. The maximum atomic E-state index is 12.2. The quantitative estimate of drug-likeness (QED) is 0.882. The minimum absolute atomic E-state index is 0.221. The van der Waals surface area contributed by atoms with Crippen molar-refractivity contribution < 1.29 is 18.0 Å². The molecule has 0 aliphatic rings. The molecule has 2 rings (SSSR count). The standard InChI is InChI=1S/C15H15F3N2O/c1-20(7-6-15(16,17)18)14(21)12-8-10-4-2-3-5-11(10)9-13(12)19/h2-5,8-9H,6-7,19H2,1H3. The van der Waals surface area contributed by atoms with Crippen LogP contribution in [0.5, 0.6) is 0 Å². The highest BCUT2D eigenvalue weighted by molar-refractivity contribution is 6.03. The molecule has 0 aliphatic heterocycles. The van der Waals surface area contributed by atoms with Crippen LogP contribution in [0.15, 0.2) is 36.4 Å². The predicted octanol–water partition coefficient (Wildman–Crippen LogP) is 3.45. The van der Waals surface area contributed by atoms with Crippen molar-refractivity contribution in [3.8, 4) is 0 Å². The average molecular weight is 296 g/mol. The SMILES string of the molecule is CN(CCC(F)(F)F)C(=O)c1cc2ccccc2cc1N. The van der Waals surface area contributed by atoms with Gasteiger partial charge in [0.05, 0.1) is 12.0 Å². The molecular weight excluding hydrogens is 281 g/mol. The highest BCUT2D eigenvalue weighted by atomic mass is 19.4. The summed E-state index contributed by atoms with van der Waals surface area (Å²) in [4.78, 5) is 13.2. The van der Waals surface area contributed by atoms with Gasteiger partial charge in [0, 0.05) is 19.3 Å². The van der Waals surface area contributed by atoms with E-state index in [1.54, 1.807) is 12.1 Å². The van der Waals surface area contributed by atoms with Gasteiger partial charge in [0.2, 0.25) is 0 Å². The second-order valence-electron chi connectivity index (χ2n) is 4.88. The van der Waals surface area contributed by atoms with Crippen LogP contribution in [0.25, 0.3) is 10.8 Å². The first kappa shape index (κ1) is 15.2. The summed E-state index contributed by atoms with van der Waals surface area (Å²) in [7, 11) is 1.34. The number of carbonyl (C=O) groups is 1. The van der Waals surface area contributed by atoms with Crippen molar-refractivity contribution in [3.63, 3.8) is 0 Å². The van der Waals surface area contributed by atoms with E-state index in [1.807, 2.05) is 24.3 Å². The molecule has 0 fully saturated rings. The van der Waals surface area contributed by atoms with Gasteiger partial charge in [-0.1, -0.05) is 24.3 Å². The van der Waals surface area contributed by atoms with Crippen LogP contribution in [0.3, 0.4) is 0 Å². The highest BCUT2D eigenvalue weighted by Crippen LogP contribution is 2.24. The molecule has 2 aromatic rings. The monoisotopic (exact) mass is 296 g/mol. The Bertz CT molecular complexity index is 668. The fourth-order valence-corrected chi connectivity index (χ4v) is 2.04. The van der Waals surface area contributed by atoms with Crippen molar-refractivity contribution >= 4 is 22.4 Å². The Hall–Kier alpha value is -2.24. The normalized spacial score (nSPS) is 11.6. The number of anilines is 1. The van der Waals surface area contributed by atoms with Gasteiger partial charge in [0.25, 0.3) is 5.91 Å². The van der Waals surface area contributed by atoms with Gasteiger partial charge in [0.15, 0.2) is 0 Å². The van der Waals surface area contributed by atoms with E-state index in [1.165, 1.54) is 7.05 Å². The number of hydrogen-bond acceptors (Lipinski definition) is 2. The number of halogens is 3. The third kappa shape index (κ3) is 3.65. The van der Waals surface area contributed by atoms with Gasteiger partial charge in [-0.15, -0.1) is 0 Å². The Balaban J connectivity index is 2.24. The Kier molecular flexibility index (Phi) is 4.06. The maximum absolute atomic E-state index is 12.2. The van der Waals surface area contributed by atoms with Gasteiger partial charge in [-0.25, -0.2) is 0 Å². The van der Waals surface area contributed by atoms with Gasteiger partial charge in [-0.3, -0.25) is 4.79 Å². The summed E-state index contributed by atoms with van der Waals surface area (Å²) in [5.41, 5.74) is 6.32. The van der Waals surface area contributed by atoms with Crippen molar-refractivity contribution in [1.82, 2.24) is 4.90 Å². The highest BCUT2D eigenvalue weighted by Gasteiger charge is 2.28. The van der Waals surface area contributed by atoms with E-state index < -0.39 is 25.0 Å². The summed E-state index contributed by atoms with van der Waals surface area (Å²) < 4.78 is 36.6. The molecule has 0 unspecified atom stereocenters. The lowest BCUT2D eigenvalue weighted by Gasteiger charge is -2.19. The number of nitrogen functional groups attached to an aromatic ring is 1. The molecule has 2 aromatic carbocycles. The van der Waals surface area contributed by atoms with Crippen LogP contribution in [-0.4, -0.2) is 30.6 Å². The zero-order valence-corrected chi connectivity index (χ0v) is 11.4. The van der Waals surface area contributed by atoms with E-state index in [-0.39, 0.29) is 11.3 Å². The van der Waals surface area contributed by atoms with Crippen molar-refractivity contribution in [2.24, 2.45) is 0 Å². The molecule has 21 heavy (non-hydrogen) atoms. The fourth-order valence-electron chi connectivity index (χ4n) is 2.04. The van der Waals surface area contributed by atoms with Crippen LogP contribution >= 0.6 is 0 Å². The number of rotatable bonds is 3. The van der Waals surface area contributed by atoms with Crippen molar-refractivity contribution in [2.45, 2.75) is 12.6 Å². The minimum atomic E-state index is -4.29. The Labute approximate surface area is 120 Å². The Morgan fingerprint density at radius 2 is 1.76 bits per heavy atom. The van der Waals surface area contributed by atoms with Crippen LogP contribution in [0.4, 0.5) is 18.9 Å². The first-order valence-corrected chi connectivity index (χ1v) is 6.38. The summed E-state index contributed by atoms with van der Waals surface area (Å²) in [6, 6.07) is 10.6. The molecular formula is C15H15F3N2O. The smallest absolute Gasteiger partial charge is 0.390 e. The number of benzene rings is 2. The van der Waals surface area contributed by atoms with Gasteiger partial charge in [-0.05, 0) is 22.9 Å². The number of fused-ring (bicyclic) bond motifs is 1. The Morgan fingerprint density at radius 1 is 1.19 bits per heavy atom. The summed E-state index contributed by atoms with van der Waals surface area (Å²) in [5, 5.41) is 1.70. The number of nitrogens with two attached hydrogens (primary N) is 1. The topological polar surface area (TPSA) is 46.3 Å². The van der Waals surface area contributed by atoms with E-state index in [0.29, 0.717) is 0 Å². The molecule has 112 valence electrons. The molecule has 0 spiro atoms. The fraction of sp³-hybridized carbons (Fsp3) is 0.267. The number of alkyl halides is 3. The lowest BCUT2D eigenvalue weighted by Crippen LogP contribution is -2.31. The van der Waals surface area contributed by atoms with Crippen LogP contribution in [0.2, 0.25) is 0 Å². The summed E-state index contributed by atoms with van der Waals surface area (Å²) in [6.45, 7) is -0.394. The summed E-state index contributed by atoms with van der Waals surface area (Å²) in [6.07, 6.45) is -5.33. The zero-order chi connectivity index (χ0) is 15.6. The van der Waals surface area contributed by atoms with Crippen LogP contribution < -0.4 is 5.73 Å². The number of carbonyl (C=O) groups excluding carboxylic acids is 1. The lowest BCUT2D eigenvalue weighted by atomic mass is 10.0. The molecule has 1 amide bonds. The minimum Gasteiger partial charge on any atom is -0.398 e. The lowest BCUT2D eigenvalue weighted by molar-refractivity contribution is -0.136. The summed E-state index contributed by atoms with van der Waals surface area (Å²) in [5.74, 6) is -0.512. The second-order valence-corrected chi connectivity index (χ2v) is 4.88. The van der Waals surface area contributed by atoms with Crippen LogP contribution in [0, 0.1) is 0 Å². The molecule has 0 saturated carbocycles. The largest absolute Gasteiger partial charge is 0.398 e. The molecule has 6 heteroatoms. The average Bonchev–Trinajstić information content (AvgIpc) is 2.42. The third-order valence-electron chi connectivity index (χ3n) is 3.23. The molecule has 0 heterocycles. The molecule has 3 nitrogen and oxygen atoms in total. The van der Waals surface area contributed by atoms with E-state index in [4.69, 9.17) is 5.73 Å². The van der Waals surface area contributed by atoms with Crippen LogP contribution in [0.1, 0.15) is 16.8 Å². The molecule has 0 atom stereocenters. The van der Waals surface area contributed by atoms with E-state index in [2.05, 4.69) is 0 Å². The number of hydrogen-bond donors (Lipinski definition) is 1. The zero-order valence-electron chi connectivity index (χ0n) is 11.4. The molecule has 0 aromatic heterocycles. The molecule has 0 radical (unpaired) electrons. The third-order valence-corrected chi connectivity index (χ3v) is 3.23. The second kappa shape index (κ2) is 5.63. The first-order valence-electron chi connectivity index (χ1n) is 6.38. The molecule has 0 saturated heterocycles. The van der Waals surface area contributed by atoms with Gasteiger partial charge >= 0.3 is 6.18 Å². The Morgan fingerprint density at radius 3 is 2.33 bits per heavy atom. The van der Waals surface area contributed by atoms with Crippen molar-refractivity contribution in [2.75, 3.05) is 19.3 Å². The molecule has 2 N–H and O–H groups in total. The molecule has 0 bridgehead atoms. The van der Waals surface area contributed by atoms with Crippen molar-refractivity contribution in [3.05, 3.63) is 42.0 Å². The van der Waals surface area contributed by atoms with Crippen LogP contribution in [-0.2, 0) is 0 Å². The maximum Gasteiger partial charge on any atom is 0.390 e. The summed E-state index contributed by atoms with van der Waals surface area (Å²) >= 11 is 0. The number of nitrogens with zero attached hydrogens (tertiary/aromatic N) is 1. The first-order chi connectivity index (χ1) is 9.78. The van der Waals surface area contributed by atoms with E-state index in [9.17, 15) is 18.0 Å². The van der Waals surface area contributed by atoms with Gasteiger partial charge in [-0.2, -0.15) is 13.2 Å².